The van der Waals surface area contributed by atoms with Gasteiger partial charge in [-0.3, -0.25) is 4.79 Å². The molecule has 5 heteroatoms. The van der Waals surface area contributed by atoms with Gasteiger partial charge in [-0.2, -0.15) is 5.10 Å². The number of amides is 1. The molecule has 24 heavy (non-hydrogen) atoms. The molecule has 126 valence electrons. The minimum atomic E-state index is -0.125. The highest BCUT2D eigenvalue weighted by Crippen LogP contribution is 2.16. The van der Waals surface area contributed by atoms with Crippen LogP contribution >= 0.6 is 11.8 Å². The van der Waals surface area contributed by atoms with E-state index >= 15 is 0 Å². The third-order valence-electron chi connectivity index (χ3n) is 3.16. The van der Waals surface area contributed by atoms with Gasteiger partial charge in [-0.05, 0) is 48.4 Å². The number of carbonyl (C=O) groups excluding carboxylic acids is 1. The number of ether oxygens (including phenoxy) is 1. The molecule has 4 nitrogen and oxygen atoms in total. The number of benzene rings is 2. The molecule has 0 saturated heterocycles. The number of rotatable bonds is 9. The van der Waals surface area contributed by atoms with E-state index in [2.05, 4.69) is 17.5 Å². The molecular formula is C19H22N2O2S. The molecule has 0 heterocycles. The first-order valence-electron chi connectivity index (χ1n) is 8.00. The van der Waals surface area contributed by atoms with E-state index in [4.69, 9.17) is 4.74 Å². The largest absolute Gasteiger partial charge is 0.494 e. The van der Waals surface area contributed by atoms with Crippen molar-refractivity contribution in [3.05, 3.63) is 60.2 Å². The van der Waals surface area contributed by atoms with E-state index in [0.717, 1.165) is 35.7 Å². The third-order valence-corrected chi connectivity index (χ3v) is 4.17. The molecule has 0 aromatic heterocycles. The fourth-order valence-corrected chi connectivity index (χ4v) is 2.57. The third kappa shape index (κ3) is 6.87. The summed E-state index contributed by atoms with van der Waals surface area (Å²) in [5, 5.41) is 3.98. The Labute approximate surface area is 147 Å². The molecule has 0 aliphatic carbocycles. The molecule has 2 aromatic carbocycles. The number of hydrazone groups is 1. The van der Waals surface area contributed by atoms with Gasteiger partial charge in [0.1, 0.15) is 5.75 Å². The molecule has 0 aliphatic rings. The van der Waals surface area contributed by atoms with Crippen LogP contribution in [0.4, 0.5) is 0 Å². The summed E-state index contributed by atoms with van der Waals surface area (Å²) >= 11 is 1.48. The molecule has 1 N–H and O–H groups in total. The maximum atomic E-state index is 11.7. The average Bonchev–Trinajstić information content (AvgIpc) is 2.62. The fourth-order valence-electron chi connectivity index (χ4n) is 1.86. The lowest BCUT2D eigenvalue weighted by molar-refractivity contribution is -0.118. The Bertz CT molecular complexity index is 642. The van der Waals surface area contributed by atoms with Gasteiger partial charge in [-0.1, -0.05) is 31.5 Å². The number of nitrogens with one attached hydrogen (secondary N) is 1. The lowest BCUT2D eigenvalue weighted by Crippen LogP contribution is -2.19. The molecule has 0 fully saturated rings. The Morgan fingerprint density at radius 1 is 1.17 bits per heavy atom. The summed E-state index contributed by atoms with van der Waals surface area (Å²) in [4.78, 5) is 12.8. The van der Waals surface area contributed by atoms with Crippen LogP contribution in [0, 0.1) is 0 Å². The van der Waals surface area contributed by atoms with Crippen LogP contribution in [-0.4, -0.2) is 24.5 Å². The molecule has 2 aromatic rings. The van der Waals surface area contributed by atoms with Crippen molar-refractivity contribution in [3.8, 4) is 5.75 Å². The molecule has 0 unspecified atom stereocenters. The average molecular weight is 342 g/mol. The van der Waals surface area contributed by atoms with Crippen LogP contribution in [-0.2, 0) is 4.79 Å². The minimum Gasteiger partial charge on any atom is -0.494 e. The highest BCUT2D eigenvalue weighted by atomic mass is 32.2. The molecule has 0 spiro atoms. The van der Waals surface area contributed by atoms with Crippen LogP contribution in [0.5, 0.6) is 5.75 Å². The molecule has 0 bridgehead atoms. The topological polar surface area (TPSA) is 50.7 Å². The second kappa shape index (κ2) is 10.5. The Kier molecular flexibility index (Phi) is 7.90. The van der Waals surface area contributed by atoms with Crippen molar-refractivity contribution in [2.24, 2.45) is 5.10 Å². The van der Waals surface area contributed by atoms with Crippen LogP contribution in [0.1, 0.15) is 25.3 Å². The van der Waals surface area contributed by atoms with E-state index in [1.165, 1.54) is 11.8 Å². The number of thioether (sulfide) groups is 1. The number of hydrogen-bond donors (Lipinski definition) is 1. The zero-order valence-corrected chi connectivity index (χ0v) is 14.6. The van der Waals surface area contributed by atoms with Crippen LogP contribution < -0.4 is 10.2 Å². The molecule has 0 aliphatic heterocycles. The van der Waals surface area contributed by atoms with Gasteiger partial charge in [0.25, 0.3) is 0 Å². The Balaban J connectivity index is 1.71. The first kappa shape index (κ1) is 18.1. The van der Waals surface area contributed by atoms with Crippen molar-refractivity contribution in [2.45, 2.75) is 24.7 Å². The molecule has 2 rings (SSSR count). The predicted octanol–water partition coefficient (Wildman–Crippen LogP) is 4.11. The minimum absolute atomic E-state index is 0.125. The van der Waals surface area contributed by atoms with E-state index in [-0.39, 0.29) is 5.91 Å². The highest BCUT2D eigenvalue weighted by molar-refractivity contribution is 8.00. The second-order valence-corrected chi connectivity index (χ2v) is 6.21. The smallest absolute Gasteiger partial charge is 0.250 e. The van der Waals surface area contributed by atoms with Crippen LogP contribution in [0.2, 0.25) is 0 Å². The van der Waals surface area contributed by atoms with Crippen LogP contribution in [0.15, 0.2) is 64.6 Å². The molecule has 0 saturated carbocycles. The van der Waals surface area contributed by atoms with E-state index in [9.17, 15) is 4.79 Å². The van der Waals surface area contributed by atoms with E-state index in [0.29, 0.717) is 5.75 Å². The number of nitrogens with zero attached hydrogens (tertiary/aromatic N) is 1. The number of hydrogen-bond acceptors (Lipinski definition) is 4. The van der Waals surface area contributed by atoms with Gasteiger partial charge in [-0.25, -0.2) is 5.43 Å². The maximum Gasteiger partial charge on any atom is 0.250 e. The predicted molar refractivity (Wildman–Crippen MR) is 99.7 cm³/mol. The molecule has 1 amide bonds. The van der Waals surface area contributed by atoms with Gasteiger partial charge < -0.3 is 4.74 Å². The summed E-state index contributed by atoms with van der Waals surface area (Å²) in [5.41, 5.74) is 3.45. The lowest BCUT2D eigenvalue weighted by atomic mass is 10.2. The Hall–Kier alpha value is -2.27. The summed E-state index contributed by atoms with van der Waals surface area (Å²) in [7, 11) is 0. The first-order chi connectivity index (χ1) is 11.8. The monoisotopic (exact) mass is 342 g/mol. The normalized spacial score (nSPS) is 10.7. The SMILES string of the molecule is CCCCOc1ccc(/C=N\NC(=O)CSc2ccccc2)cc1. The summed E-state index contributed by atoms with van der Waals surface area (Å²) in [6, 6.07) is 17.5. The number of unbranched alkanes of at least 4 members (excludes halogenated alkanes) is 1. The van der Waals surface area contributed by atoms with Crippen molar-refractivity contribution in [2.75, 3.05) is 12.4 Å². The number of carbonyl (C=O) groups is 1. The summed E-state index contributed by atoms with van der Waals surface area (Å²) in [6.07, 6.45) is 3.80. The first-order valence-corrected chi connectivity index (χ1v) is 8.99. The quantitative estimate of drug-likeness (QED) is 0.323. The van der Waals surface area contributed by atoms with Gasteiger partial charge in [-0.15, -0.1) is 11.8 Å². The Morgan fingerprint density at radius 2 is 1.92 bits per heavy atom. The molecule has 0 radical (unpaired) electrons. The van der Waals surface area contributed by atoms with E-state index < -0.39 is 0 Å². The highest BCUT2D eigenvalue weighted by Gasteiger charge is 2.00. The van der Waals surface area contributed by atoms with Crippen molar-refractivity contribution in [3.63, 3.8) is 0 Å². The van der Waals surface area contributed by atoms with Gasteiger partial charge in [0.05, 0.1) is 18.6 Å². The van der Waals surface area contributed by atoms with Gasteiger partial charge in [0, 0.05) is 4.90 Å². The standard InChI is InChI=1S/C19H22N2O2S/c1-2-3-13-23-17-11-9-16(10-12-17)14-20-21-19(22)15-24-18-7-5-4-6-8-18/h4-12,14H,2-3,13,15H2,1H3,(H,21,22)/b20-14-. The fraction of sp³-hybridized carbons (Fsp3) is 0.263. The van der Waals surface area contributed by atoms with Crippen molar-refractivity contribution in [1.29, 1.82) is 0 Å². The van der Waals surface area contributed by atoms with Gasteiger partial charge in [0.15, 0.2) is 0 Å². The van der Waals surface area contributed by atoms with Crippen molar-refractivity contribution >= 4 is 23.9 Å². The van der Waals surface area contributed by atoms with Crippen molar-refractivity contribution in [1.82, 2.24) is 5.43 Å². The van der Waals surface area contributed by atoms with E-state index in [1.54, 1.807) is 6.21 Å². The van der Waals surface area contributed by atoms with Crippen molar-refractivity contribution < 1.29 is 9.53 Å². The van der Waals surface area contributed by atoms with Crippen LogP contribution in [0.3, 0.4) is 0 Å². The lowest BCUT2D eigenvalue weighted by Gasteiger charge is -2.05. The maximum absolute atomic E-state index is 11.7. The van der Waals surface area contributed by atoms with E-state index in [1.807, 2.05) is 54.6 Å². The zero-order valence-electron chi connectivity index (χ0n) is 13.8. The molecule has 0 atom stereocenters. The summed E-state index contributed by atoms with van der Waals surface area (Å²) in [6.45, 7) is 2.87. The molecular weight excluding hydrogens is 320 g/mol. The summed E-state index contributed by atoms with van der Waals surface area (Å²) < 4.78 is 5.60. The van der Waals surface area contributed by atoms with Gasteiger partial charge in [0.2, 0.25) is 5.91 Å². The second-order valence-electron chi connectivity index (χ2n) is 5.17. The zero-order chi connectivity index (χ0) is 17.0. The Morgan fingerprint density at radius 3 is 2.62 bits per heavy atom. The van der Waals surface area contributed by atoms with Crippen LogP contribution in [0.25, 0.3) is 0 Å². The summed E-state index contributed by atoms with van der Waals surface area (Å²) in [5.74, 6) is 1.06. The van der Waals surface area contributed by atoms with Gasteiger partial charge >= 0.3 is 0 Å².